The standard InChI is InChI=1S/C22H41NO17/c23-1-2-34-3-4-35-20-16(32)18(12(28)9(6-25)36-20)40-22-17(33)19(13(29)10(7-26)38-22)39-21-15(31)14(30)11(27)8(5-24)37-21/h8-22,24-33H,1-7,23H2/t8?,9?,10?,11-,12-,13-,14+,15?,16?,17?,18+,19+,20+,21-,22-/m1/s1. The van der Waals surface area contributed by atoms with E-state index in [-0.39, 0.29) is 26.4 Å². The summed E-state index contributed by atoms with van der Waals surface area (Å²) in [5.41, 5.74) is 5.34. The lowest BCUT2D eigenvalue weighted by atomic mass is 9.96. The molecule has 3 rings (SSSR count). The summed E-state index contributed by atoms with van der Waals surface area (Å²) in [5.74, 6) is 0. The van der Waals surface area contributed by atoms with Crippen LogP contribution in [0.5, 0.6) is 0 Å². The van der Waals surface area contributed by atoms with E-state index in [1.807, 2.05) is 0 Å². The predicted molar refractivity (Wildman–Crippen MR) is 125 cm³/mol. The molecule has 18 heteroatoms. The lowest BCUT2D eigenvalue weighted by molar-refractivity contribution is -0.381. The molecule has 0 radical (unpaired) electrons. The Labute approximate surface area is 228 Å². The van der Waals surface area contributed by atoms with Gasteiger partial charge in [-0.05, 0) is 0 Å². The number of hydrogen-bond acceptors (Lipinski definition) is 18. The molecule has 0 aliphatic carbocycles. The summed E-state index contributed by atoms with van der Waals surface area (Å²) in [4.78, 5) is 0. The van der Waals surface area contributed by atoms with Crippen molar-refractivity contribution in [3.05, 3.63) is 0 Å². The first-order valence-electron chi connectivity index (χ1n) is 12.8. The van der Waals surface area contributed by atoms with Crippen LogP contribution in [0.1, 0.15) is 0 Å². The van der Waals surface area contributed by atoms with Crippen molar-refractivity contribution in [2.45, 2.75) is 92.1 Å². The van der Waals surface area contributed by atoms with E-state index in [4.69, 9.17) is 38.9 Å². The van der Waals surface area contributed by atoms with Gasteiger partial charge in [0.05, 0.1) is 39.6 Å². The number of hydrogen-bond donors (Lipinski definition) is 11. The van der Waals surface area contributed by atoms with E-state index in [2.05, 4.69) is 0 Å². The average molecular weight is 592 g/mol. The maximum Gasteiger partial charge on any atom is 0.187 e. The van der Waals surface area contributed by atoms with Crippen molar-refractivity contribution in [3.63, 3.8) is 0 Å². The Kier molecular flexibility index (Phi) is 13.2. The Morgan fingerprint density at radius 1 is 0.500 bits per heavy atom. The summed E-state index contributed by atoms with van der Waals surface area (Å²) in [7, 11) is 0. The topological polar surface area (TPSA) is 293 Å². The smallest absolute Gasteiger partial charge is 0.187 e. The maximum atomic E-state index is 11.0. The normalized spacial score (nSPS) is 46.4. The Morgan fingerprint density at radius 3 is 1.45 bits per heavy atom. The first-order chi connectivity index (χ1) is 19.1. The second-order valence-corrected chi connectivity index (χ2v) is 9.58. The van der Waals surface area contributed by atoms with Gasteiger partial charge < -0.3 is 90.0 Å². The van der Waals surface area contributed by atoms with E-state index in [0.29, 0.717) is 0 Å². The summed E-state index contributed by atoms with van der Waals surface area (Å²) in [6, 6.07) is 0. The zero-order valence-corrected chi connectivity index (χ0v) is 21.5. The molecule has 0 bridgehead atoms. The summed E-state index contributed by atoms with van der Waals surface area (Å²) >= 11 is 0. The van der Waals surface area contributed by atoms with Crippen LogP contribution >= 0.6 is 0 Å². The molecule has 3 saturated heterocycles. The summed E-state index contributed by atoms with van der Waals surface area (Å²) in [6.07, 6.45) is -24.7. The van der Waals surface area contributed by atoms with E-state index >= 15 is 0 Å². The van der Waals surface area contributed by atoms with Gasteiger partial charge in [-0.2, -0.15) is 0 Å². The van der Waals surface area contributed by atoms with Crippen molar-refractivity contribution in [1.29, 1.82) is 0 Å². The monoisotopic (exact) mass is 591 g/mol. The SMILES string of the molecule is NCCOCCO[C@H]1OC(CO)[C@@H](O)[C@H](O[C@H]2OC(CO)[C@@H](O)[C@H](O[C@H]3OC(CO)[C@@H](O)[C@H](O)C3O)C2O)C1O. The van der Waals surface area contributed by atoms with E-state index in [0.717, 1.165) is 0 Å². The fourth-order valence-electron chi connectivity index (χ4n) is 4.58. The van der Waals surface area contributed by atoms with Crippen LogP contribution in [0.4, 0.5) is 0 Å². The van der Waals surface area contributed by atoms with Crippen LogP contribution in [0.15, 0.2) is 0 Å². The number of aliphatic hydroxyl groups is 10. The molecule has 0 aromatic rings. The van der Waals surface area contributed by atoms with Crippen molar-refractivity contribution in [1.82, 2.24) is 0 Å². The van der Waals surface area contributed by atoms with E-state index in [9.17, 15) is 51.1 Å². The van der Waals surface area contributed by atoms with Gasteiger partial charge in [0.25, 0.3) is 0 Å². The first kappa shape index (κ1) is 33.8. The van der Waals surface area contributed by atoms with Gasteiger partial charge in [0.2, 0.25) is 0 Å². The van der Waals surface area contributed by atoms with Gasteiger partial charge >= 0.3 is 0 Å². The molecular weight excluding hydrogens is 550 g/mol. The third-order valence-electron chi connectivity index (χ3n) is 6.85. The third-order valence-corrected chi connectivity index (χ3v) is 6.85. The molecular formula is C22H41NO17. The number of nitrogens with two attached hydrogens (primary N) is 1. The highest BCUT2D eigenvalue weighted by molar-refractivity contribution is 4.96. The first-order valence-corrected chi connectivity index (χ1v) is 12.8. The van der Waals surface area contributed by atoms with Crippen molar-refractivity contribution in [2.24, 2.45) is 5.73 Å². The highest BCUT2D eigenvalue weighted by Gasteiger charge is 2.53. The maximum absolute atomic E-state index is 11.0. The molecule has 0 aromatic heterocycles. The molecule has 3 aliphatic rings. The number of aliphatic hydroxyl groups excluding tert-OH is 10. The average Bonchev–Trinajstić information content (AvgIpc) is 2.95. The van der Waals surface area contributed by atoms with Crippen molar-refractivity contribution in [3.8, 4) is 0 Å². The fraction of sp³-hybridized carbons (Fsp3) is 1.00. The van der Waals surface area contributed by atoms with Gasteiger partial charge in [0, 0.05) is 6.54 Å². The molecule has 6 unspecified atom stereocenters. The van der Waals surface area contributed by atoms with Gasteiger partial charge in [0.15, 0.2) is 18.9 Å². The van der Waals surface area contributed by atoms with Gasteiger partial charge in [-0.15, -0.1) is 0 Å². The minimum atomic E-state index is -1.91. The van der Waals surface area contributed by atoms with Crippen LogP contribution in [-0.4, -0.2) is 189 Å². The minimum Gasteiger partial charge on any atom is -0.394 e. The van der Waals surface area contributed by atoms with Crippen LogP contribution in [0.2, 0.25) is 0 Å². The zero-order chi connectivity index (χ0) is 29.6. The number of ether oxygens (including phenoxy) is 7. The van der Waals surface area contributed by atoms with Crippen LogP contribution < -0.4 is 5.73 Å². The lowest BCUT2D eigenvalue weighted by Gasteiger charge is -2.48. The van der Waals surface area contributed by atoms with E-state index in [1.165, 1.54) is 0 Å². The van der Waals surface area contributed by atoms with Crippen molar-refractivity contribution in [2.75, 3.05) is 46.2 Å². The second kappa shape index (κ2) is 15.7. The molecule has 0 amide bonds. The molecule has 0 saturated carbocycles. The van der Waals surface area contributed by atoms with Crippen LogP contribution in [-0.2, 0) is 33.2 Å². The molecule has 0 aromatic carbocycles. The summed E-state index contributed by atoms with van der Waals surface area (Å²) in [6.45, 7) is -1.68. The Balaban J connectivity index is 1.74. The molecule has 236 valence electrons. The fourth-order valence-corrected chi connectivity index (χ4v) is 4.58. The molecule has 3 aliphatic heterocycles. The van der Waals surface area contributed by atoms with Gasteiger partial charge in [-0.25, -0.2) is 0 Å². The van der Waals surface area contributed by atoms with Gasteiger partial charge in [0.1, 0.15) is 73.2 Å². The highest BCUT2D eigenvalue weighted by Crippen LogP contribution is 2.32. The second-order valence-electron chi connectivity index (χ2n) is 9.58. The van der Waals surface area contributed by atoms with E-state index < -0.39 is 112 Å². The largest absolute Gasteiger partial charge is 0.394 e. The zero-order valence-electron chi connectivity index (χ0n) is 21.5. The number of rotatable bonds is 13. The Bertz CT molecular complexity index is 737. The molecule has 3 heterocycles. The van der Waals surface area contributed by atoms with Gasteiger partial charge in [-0.3, -0.25) is 0 Å². The van der Waals surface area contributed by atoms with Crippen molar-refractivity contribution < 1.29 is 84.2 Å². The van der Waals surface area contributed by atoms with Crippen LogP contribution in [0.25, 0.3) is 0 Å². The molecule has 0 spiro atoms. The quantitative estimate of drug-likeness (QED) is 0.0886. The Morgan fingerprint density at radius 2 is 0.950 bits per heavy atom. The minimum absolute atomic E-state index is 0.0565. The lowest BCUT2D eigenvalue weighted by Crippen LogP contribution is -2.67. The summed E-state index contributed by atoms with van der Waals surface area (Å²) < 4.78 is 37.9. The van der Waals surface area contributed by atoms with Crippen LogP contribution in [0.3, 0.4) is 0 Å². The highest BCUT2D eigenvalue weighted by atomic mass is 16.8. The van der Waals surface area contributed by atoms with Crippen molar-refractivity contribution >= 4 is 0 Å². The summed E-state index contributed by atoms with van der Waals surface area (Å²) in [5, 5.41) is 102. The van der Waals surface area contributed by atoms with Gasteiger partial charge in [-0.1, -0.05) is 0 Å². The Hall–Kier alpha value is -0.720. The predicted octanol–water partition coefficient (Wildman–Crippen LogP) is -7.57. The molecule has 15 atom stereocenters. The van der Waals surface area contributed by atoms with Crippen LogP contribution in [0, 0.1) is 0 Å². The molecule has 12 N–H and O–H groups in total. The van der Waals surface area contributed by atoms with E-state index in [1.54, 1.807) is 0 Å². The molecule has 40 heavy (non-hydrogen) atoms. The molecule has 3 fully saturated rings. The third kappa shape index (κ3) is 7.61. The molecule has 18 nitrogen and oxygen atoms in total.